The normalized spacial score (nSPS) is 24.7. The first-order chi connectivity index (χ1) is 7.43. The number of hydrogen-bond acceptors (Lipinski definition) is 4. The van der Waals surface area contributed by atoms with Gasteiger partial charge in [0, 0.05) is 12.6 Å². The smallest absolute Gasteiger partial charge is 0.323 e. The Morgan fingerprint density at radius 1 is 1.50 bits per heavy atom. The summed E-state index contributed by atoms with van der Waals surface area (Å²) < 4.78 is 25.7. The second kappa shape index (κ2) is 5.60. The first-order valence-corrected chi connectivity index (χ1v) is 6.93. The Kier molecular flexibility index (Phi) is 4.69. The minimum absolute atomic E-state index is 0.200. The molecule has 1 aliphatic rings. The van der Waals surface area contributed by atoms with Crippen molar-refractivity contribution in [1.82, 2.24) is 10.0 Å². The van der Waals surface area contributed by atoms with Crippen LogP contribution in [0.15, 0.2) is 0 Å². The number of carbonyl (C=O) groups is 1. The maximum absolute atomic E-state index is 11.6. The SMILES string of the molecule is CC(C(=O)O)S(=O)(=O)NC1CCCCNC1. The maximum atomic E-state index is 11.6. The number of sulfonamides is 1. The van der Waals surface area contributed by atoms with E-state index >= 15 is 0 Å². The van der Waals surface area contributed by atoms with E-state index in [1.165, 1.54) is 6.92 Å². The lowest BCUT2D eigenvalue weighted by Crippen LogP contribution is -2.46. The van der Waals surface area contributed by atoms with Crippen LogP contribution in [-0.4, -0.2) is 43.9 Å². The molecular formula is C9H18N2O4S. The Labute approximate surface area is 95.5 Å². The van der Waals surface area contributed by atoms with Gasteiger partial charge in [0.05, 0.1) is 0 Å². The van der Waals surface area contributed by atoms with E-state index in [4.69, 9.17) is 5.11 Å². The van der Waals surface area contributed by atoms with E-state index in [-0.39, 0.29) is 6.04 Å². The Balaban J connectivity index is 2.60. The van der Waals surface area contributed by atoms with Gasteiger partial charge in [-0.1, -0.05) is 6.42 Å². The first kappa shape index (κ1) is 13.4. The molecule has 16 heavy (non-hydrogen) atoms. The molecule has 2 unspecified atom stereocenters. The molecule has 94 valence electrons. The van der Waals surface area contributed by atoms with Gasteiger partial charge >= 0.3 is 5.97 Å². The van der Waals surface area contributed by atoms with Crippen LogP contribution in [0.3, 0.4) is 0 Å². The third kappa shape index (κ3) is 3.73. The van der Waals surface area contributed by atoms with Crippen LogP contribution < -0.4 is 10.0 Å². The molecule has 0 aromatic rings. The van der Waals surface area contributed by atoms with E-state index < -0.39 is 21.2 Å². The van der Waals surface area contributed by atoms with Gasteiger partial charge in [-0.15, -0.1) is 0 Å². The summed E-state index contributed by atoms with van der Waals surface area (Å²) in [7, 11) is -3.76. The van der Waals surface area contributed by atoms with Crippen LogP contribution in [0.25, 0.3) is 0 Å². The highest BCUT2D eigenvalue weighted by molar-refractivity contribution is 7.90. The van der Waals surface area contributed by atoms with Gasteiger partial charge in [-0.25, -0.2) is 13.1 Å². The van der Waals surface area contributed by atoms with Crippen LogP contribution in [-0.2, 0) is 14.8 Å². The summed E-state index contributed by atoms with van der Waals surface area (Å²) in [4.78, 5) is 10.6. The summed E-state index contributed by atoms with van der Waals surface area (Å²) in [6, 6.07) is -0.200. The Morgan fingerprint density at radius 2 is 2.19 bits per heavy atom. The van der Waals surface area contributed by atoms with Crippen molar-refractivity contribution in [3.63, 3.8) is 0 Å². The zero-order valence-corrected chi connectivity index (χ0v) is 10.1. The van der Waals surface area contributed by atoms with Crippen molar-refractivity contribution in [2.45, 2.75) is 37.5 Å². The third-order valence-corrected chi connectivity index (χ3v) is 4.49. The molecule has 0 aliphatic carbocycles. The minimum atomic E-state index is -3.76. The molecule has 0 aromatic heterocycles. The molecule has 6 nitrogen and oxygen atoms in total. The lowest BCUT2D eigenvalue weighted by atomic mass is 10.2. The van der Waals surface area contributed by atoms with Gasteiger partial charge < -0.3 is 10.4 Å². The monoisotopic (exact) mass is 250 g/mol. The highest BCUT2D eigenvalue weighted by atomic mass is 32.2. The highest BCUT2D eigenvalue weighted by Crippen LogP contribution is 2.07. The van der Waals surface area contributed by atoms with E-state index in [1.807, 2.05) is 0 Å². The number of nitrogens with one attached hydrogen (secondary N) is 2. The van der Waals surface area contributed by atoms with Crippen LogP contribution in [0.2, 0.25) is 0 Å². The van der Waals surface area contributed by atoms with Crippen LogP contribution in [0, 0.1) is 0 Å². The largest absolute Gasteiger partial charge is 0.480 e. The quantitative estimate of drug-likeness (QED) is 0.626. The summed E-state index contributed by atoms with van der Waals surface area (Å²) in [6.07, 6.45) is 2.72. The molecule has 0 bridgehead atoms. The fraction of sp³-hybridized carbons (Fsp3) is 0.889. The molecule has 0 aromatic carbocycles. The lowest BCUT2D eigenvalue weighted by Gasteiger charge is -2.18. The molecule has 1 aliphatic heterocycles. The van der Waals surface area contributed by atoms with E-state index in [0.29, 0.717) is 6.54 Å². The van der Waals surface area contributed by atoms with E-state index in [2.05, 4.69) is 10.0 Å². The van der Waals surface area contributed by atoms with Gasteiger partial charge in [0.15, 0.2) is 5.25 Å². The van der Waals surface area contributed by atoms with Gasteiger partial charge in [-0.3, -0.25) is 4.79 Å². The fourth-order valence-corrected chi connectivity index (χ4v) is 2.72. The molecule has 0 spiro atoms. The Morgan fingerprint density at radius 3 is 2.81 bits per heavy atom. The lowest BCUT2D eigenvalue weighted by molar-refractivity contribution is -0.136. The molecular weight excluding hydrogens is 232 g/mol. The van der Waals surface area contributed by atoms with Crippen molar-refractivity contribution in [2.24, 2.45) is 0 Å². The van der Waals surface area contributed by atoms with Crippen molar-refractivity contribution < 1.29 is 18.3 Å². The standard InChI is InChI=1S/C9H18N2O4S/c1-7(9(12)13)16(14,15)11-8-4-2-3-5-10-6-8/h7-8,10-11H,2-6H2,1H3,(H,12,13). The van der Waals surface area contributed by atoms with Crippen molar-refractivity contribution in [3.05, 3.63) is 0 Å². The van der Waals surface area contributed by atoms with Crippen molar-refractivity contribution >= 4 is 16.0 Å². The molecule has 1 rings (SSSR count). The van der Waals surface area contributed by atoms with Crippen molar-refractivity contribution in [1.29, 1.82) is 0 Å². The fourth-order valence-electron chi connectivity index (χ4n) is 1.59. The predicted molar refractivity (Wildman–Crippen MR) is 59.7 cm³/mol. The Hall–Kier alpha value is -0.660. The maximum Gasteiger partial charge on any atom is 0.323 e. The summed E-state index contributed by atoms with van der Waals surface area (Å²) in [5.41, 5.74) is 0. The van der Waals surface area contributed by atoms with Crippen molar-refractivity contribution in [3.8, 4) is 0 Å². The molecule has 1 fully saturated rings. The second-order valence-corrected chi connectivity index (χ2v) is 6.07. The van der Waals surface area contributed by atoms with Crippen molar-refractivity contribution in [2.75, 3.05) is 13.1 Å². The van der Waals surface area contributed by atoms with E-state index in [9.17, 15) is 13.2 Å². The van der Waals surface area contributed by atoms with Crippen LogP contribution >= 0.6 is 0 Å². The predicted octanol–water partition coefficient (Wildman–Crippen LogP) is -0.479. The van der Waals surface area contributed by atoms with E-state index in [0.717, 1.165) is 25.8 Å². The number of carboxylic acid groups (broad SMARTS) is 1. The third-order valence-electron chi connectivity index (χ3n) is 2.69. The average Bonchev–Trinajstić information content (AvgIpc) is 2.44. The first-order valence-electron chi connectivity index (χ1n) is 5.38. The van der Waals surface area contributed by atoms with Gasteiger partial charge in [0.25, 0.3) is 0 Å². The van der Waals surface area contributed by atoms with Crippen LogP contribution in [0.1, 0.15) is 26.2 Å². The van der Waals surface area contributed by atoms with Gasteiger partial charge in [0.1, 0.15) is 0 Å². The molecule has 7 heteroatoms. The molecule has 3 N–H and O–H groups in total. The summed E-state index contributed by atoms with van der Waals surface area (Å²) in [6.45, 7) is 2.62. The highest BCUT2D eigenvalue weighted by Gasteiger charge is 2.29. The van der Waals surface area contributed by atoms with Crippen LogP contribution in [0.5, 0.6) is 0 Å². The van der Waals surface area contributed by atoms with Gasteiger partial charge in [-0.2, -0.15) is 0 Å². The second-order valence-electron chi connectivity index (χ2n) is 4.04. The topological polar surface area (TPSA) is 95.5 Å². The minimum Gasteiger partial charge on any atom is -0.480 e. The molecule has 1 heterocycles. The summed E-state index contributed by atoms with van der Waals surface area (Å²) in [5.74, 6) is -1.32. The molecule has 0 amide bonds. The van der Waals surface area contributed by atoms with Gasteiger partial charge in [0.2, 0.25) is 10.0 Å². The van der Waals surface area contributed by atoms with Gasteiger partial charge in [-0.05, 0) is 26.3 Å². The zero-order chi connectivity index (χ0) is 12.2. The van der Waals surface area contributed by atoms with Crippen LogP contribution in [0.4, 0.5) is 0 Å². The molecule has 2 atom stereocenters. The molecule has 0 saturated carbocycles. The molecule has 0 radical (unpaired) electrons. The zero-order valence-electron chi connectivity index (χ0n) is 9.27. The number of carboxylic acids is 1. The molecule has 1 saturated heterocycles. The van der Waals surface area contributed by atoms with E-state index in [1.54, 1.807) is 0 Å². The number of rotatable bonds is 4. The summed E-state index contributed by atoms with van der Waals surface area (Å²) >= 11 is 0. The Bertz CT molecular complexity index is 333. The summed E-state index contributed by atoms with van der Waals surface area (Å²) in [5, 5.41) is 10.4. The number of hydrogen-bond donors (Lipinski definition) is 3. The average molecular weight is 250 g/mol. The number of aliphatic carboxylic acids is 1.